The maximum Gasteiger partial charge on any atom is 0.246 e. The van der Waals surface area contributed by atoms with Crippen LogP contribution in [0.4, 0.5) is 15.8 Å². The van der Waals surface area contributed by atoms with Gasteiger partial charge in [-0.2, -0.15) is 0 Å². The Kier molecular flexibility index (Phi) is 3.44. The molecule has 3 aromatic rings. The molecule has 0 aromatic heterocycles. The Morgan fingerprint density at radius 3 is 2.42 bits per heavy atom. The van der Waals surface area contributed by atoms with Crippen molar-refractivity contribution in [2.75, 3.05) is 23.5 Å². The number of ether oxygens (including phenoxy) is 1. The number of amides is 2. The number of fused-ring (bicyclic) bond motifs is 6. The molecule has 0 bridgehead atoms. The molecule has 5 nitrogen and oxygen atoms in total. The quantitative estimate of drug-likeness (QED) is 0.604. The second-order valence-electron chi connectivity index (χ2n) is 9.54. The van der Waals surface area contributed by atoms with Gasteiger partial charge in [0.15, 0.2) is 0 Å². The summed E-state index contributed by atoms with van der Waals surface area (Å²) >= 11 is 0. The summed E-state index contributed by atoms with van der Waals surface area (Å²) in [5, 5.41) is 0. The predicted molar refractivity (Wildman–Crippen MR) is 121 cm³/mol. The number of hydrogen-bond acceptors (Lipinski definition) is 3. The van der Waals surface area contributed by atoms with Crippen molar-refractivity contribution in [1.29, 1.82) is 0 Å². The molecule has 1 atom stereocenters. The highest BCUT2D eigenvalue weighted by molar-refractivity contribution is 6.13. The highest BCUT2D eigenvalue weighted by atomic mass is 19.1. The molecule has 1 unspecified atom stereocenters. The molecule has 6 heteroatoms. The van der Waals surface area contributed by atoms with Gasteiger partial charge in [-0.15, -0.1) is 0 Å². The molecular weight excluding hydrogens is 419 g/mol. The maximum absolute atomic E-state index is 14.1. The number of nitrogens with zero attached hydrogens (tertiary/aromatic N) is 2. The standard InChI is InChI=1S/C27H21FN2O3/c1-29-22-13-23-20(12-19(22)26(10-11-26)24(29)31)27(15-33-23)18-4-2-3-5-21(18)30(25(27)32)14-16-6-8-17(28)9-7-16/h2-9,12-13H,10-11,14-15H2,1H3. The molecular formula is C27H21FN2O3. The predicted octanol–water partition coefficient (Wildman–Crippen LogP) is 4.06. The number of halogens is 1. The van der Waals surface area contributed by atoms with Crippen molar-refractivity contribution in [2.45, 2.75) is 30.2 Å². The van der Waals surface area contributed by atoms with Gasteiger partial charge in [0.2, 0.25) is 11.8 Å². The summed E-state index contributed by atoms with van der Waals surface area (Å²) in [4.78, 5) is 30.5. The fraction of sp³-hybridized carbons (Fsp3) is 0.259. The molecule has 7 rings (SSSR count). The van der Waals surface area contributed by atoms with E-state index in [2.05, 4.69) is 6.07 Å². The minimum atomic E-state index is -0.943. The normalized spacial score (nSPS) is 23.2. The Hall–Kier alpha value is -3.67. The van der Waals surface area contributed by atoms with Crippen molar-refractivity contribution in [3.63, 3.8) is 0 Å². The van der Waals surface area contributed by atoms with Crippen LogP contribution in [0.2, 0.25) is 0 Å². The van der Waals surface area contributed by atoms with Gasteiger partial charge in [-0.1, -0.05) is 30.3 Å². The first kappa shape index (κ1) is 18.9. The van der Waals surface area contributed by atoms with E-state index >= 15 is 0 Å². The van der Waals surface area contributed by atoms with Gasteiger partial charge in [0.1, 0.15) is 23.6 Å². The Morgan fingerprint density at radius 2 is 1.67 bits per heavy atom. The topological polar surface area (TPSA) is 49.9 Å². The number of anilines is 2. The summed E-state index contributed by atoms with van der Waals surface area (Å²) in [6, 6.07) is 18.1. The van der Waals surface area contributed by atoms with Gasteiger partial charge in [-0.25, -0.2) is 4.39 Å². The monoisotopic (exact) mass is 440 g/mol. The second-order valence-corrected chi connectivity index (χ2v) is 9.54. The molecule has 33 heavy (non-hydrogen) atoms. The van der Waals surface area contributed by atoms with E-state index in [9.17, 15) is 14.0 Å². The minimum absolute atomic E-state index is 0.0470. The van der Waals surface area contributed by atoms with Crippen LogP contribution in [0.3, 0.4) is 0 Å². The molecule has 0 saturated heterocycles. The lowest BCUT2D eigenvalue weighted by molar-refractivity contribution is -0.122. The average molecular weight is 440 g/mol. The molecule has 1 saturated carbocycles. The summed E-state index contributed by atoms with van der Waals surface area (Å²) in [6.45, 7) is 0.578. The van der Waals surface area contributed by atoms with Crippen molar-refractivity contribution in [1.82, 2.24) is 0 Å². The third kappa shape index (κ3) is 2.21. The number of para-hydroxylation sites is 1. The van der Waals surface area contributed by atoms with Crippen LogP contribution in [-0.2, 0) is 27.0 Å². The van der Waals surface area contributed by atoms with Crippen LogP contribution in [0.5, 0.6) is 5.75 Å². The SMILES string of the molecule is CN1C(=O)C2(CC2)c2cc3c(cc21)OCC31C(=O)N(Cc2ccc(F)cc2)c2ccccc21. The van der Waals surface area contributed by atoms with Crippen molar-refractivity contribution < 1.29 is 18.7 Å². The van der Waals surface area contributed by atoms with Gasteiger partial charge in [0.25, 0.3) is 0 Å². The zero-order valence-corrected chi connectivity index (χ0v) is 18.1. The van der Waals surface area contributed by atoms with Gasteiger partial charge in [0.05, 0.1) is 17.6 Å². The first-order valence-corrected chi connectivity index (χ1v) is 11.2. The molecule has 4 aliphatic rings. The van der Waals surface area contributed by atoms with Crippen LogP contribution in [0, 0.1) is 5.82 Å². The fourth-order valence-electron chi connectivity index (χ4n) is 5.95. The summed E-state index contributed by atoms with van der Waals surface area (Å²) in [6.07, 6.45) is 1.69. The molecule has 1 aliphatic carbocycles. The van der Waals surface area contributed by atoms with Crippen LogP contribution in [-0.4, -0.2) is 25.5 Å². The molecule has 3 aliphatic heterocycles. The number of carbonyl (C=O) groups excluding carboxylic acids is 2. The Bertz CT molecular complexity index is 1380. The van der Waals surface area contributed by atoms with Gasteiger partial charge in [-0.05, 0) is 53.8 Å². The summed E-state index contributed by atoms with van der Waals surface area (Å²) in [5.41, 5.74) is 3.98. The van der Waals surface area contributed by atoms with Crippen molar-refractivity contribution in [3.8, 4) is 5.75 Å². The van der Waals surface area contributed by atoms with E-state index in [1.165, 1.54) is 12.1 Å². The molecule has 1 fully saturated rings. The average Bonchev–Trinajstić information content (AvgIpc) is 3.46. The molecule has 2 spiro atoms. The molecule has 0 N–H and O–H groups in total. The van der Waals surface area contributed by atoms with Gasteiger partial charge < -0.3 is 14.5 Å². The van der Waals surface area contributed by atoms with Crippen molar-refractivity contribution in [2.24, 2.45) is 0 Å². The minimum Gasteiger partial charge on any atom is -0.491 e. The molecule has 0 radical (unpaired) electrons. The second kappa shape index (κ2) is 6.01. The van der Waals surface area contributed by atoms with Gasteiger partial charge in [0, 0.05) is 24.4 Å². The van der Waals surface area contributed by atoms with Crippen LogP contribution in [0.1, 0.15) is 35.1 Å². The zero-order valence-electron chi connectivity index (χ0n) is 18.1. The third-order valence-electron chi connectivity index (χ3n) is 7.86. The summed E-state index contributed by atoms with van der Waals surface area (Å²) in [5.74, 6) is 0.447. The largest absolute Gasteiger partial charge is 0.491 e. The van der Waals surface area contributed by atoms with Crippen LogP contribution >= 0.6 is 0 Å². The fourth-order valence-corrected chi connectivity index (χ4v) is 5.95. The summed E-state index contributed by atoms with van der Waals surface area (Å²) in [7, 11) is 1.81. The Labute approximate surface area is 190 Å². The molecule has 164 valence electrons. The number of hydrogen-bond donors (Lipinski definition) is 0. The number of benzene rings is 3. The number of likely N-dealkylation sites (N-methyl/N-ethyl adjacent to an activating group) is 1. The molecule has 2 amide bonds. The lowest BCUT2D eigenvalue weighted by atomic mass is 9.76. The van der Waals surface area contributed by atoms with E-state index in [-0.39, 0.29) is 24.2 Å². The molecule has 3 heterocycles. The van der Waals surface area contributed by atoms with E-state index in [1.54, 1.807) is 21.9 Å². The number of rotatable bonds is 2. The molecule has 3 aromatic carbocycles. The zero-order chi connectivity index (χ0) is 22.5. The van der Waals surface area contributed by atoms with Crippen molar-refractivity contribution >= 4 is 23.2 Å². The maximum atomic E-state index is 14.1. The van der Waals surface area contributed by atoms with Gasteiger partial charge >= 0.3 is 0 Å². The highest BCUT2D eigenvalue weighted by Crippen LogP contribution is 2.61. The first-order chi connectivity index (χ1) is 16.0. The van der Waals surface area contributed by atoms with E-state index < -0.39 is 10.8 Å². The summed E-state index contributed by atoms with van der Waals surface area (Å²) < 4.78 is 19.6. The van der Waals surface area contributed by atoms with Crippen LogP contribution in [0.15, 0.2) is 60.7 Å². The van der Waals surface area contributed by atoms with E-state index in [0.717, 1.165) is 46.5 Å². The number of carbonyl (C=O) groups is 2. The van der Waals surface area contributed by atoms with E-state index in [4.69, 9.17) is 4.74 Å². The Morgan fingerprint density at radius 1 is 0.909 bits per heavy atom. The van der Waals surface area contributed by atoms with Crippen LogP contribution in [0.25, 0.3) is 0 Å². The third-order valence-corrected chi connectivity index (χ3v) is 7.86. The lowest BCUT2D eigenvalue weighted by Gasteiger charge is -2.24. The van der Waals surface area contributed by atoms with E-state index in [0.29, 0.717) is 12.3 Å². The Balaban J connectivity index is 1.39. The first-order valence-electron chi connectivity index (χ1n) is 11.2. The lowest BCUT2D eigenvalue weighted by Crippen LogP contribution is -2.42. The van der Waals surface area contributed by atoms with Crippen LogP contribution < -0.4 is 14.5 Å². The van der Waals surface area contributed by atoms with Gasteiger partial charge in [-0.3, -0.25) is 9.59 Å². The highest BCUT2D eigenvalue weighted by Gasteiger charge is 2.62. The van der Waals surface area contributed by atoms with Crippen molar-refractivity contribution in [3.05, 3.63) is 88.7 Å². The van der Waals surface area contributed by atoms with E-state index in [1.807, 2.05) is 37.4 Å². The smallest absolute Gasteiger partial charge is 0.246 e.